The molecule has 0 fully saturated rings. The molecule has 1 aromatic heterocycles. The summed E-state index contributed by atoms with van der Waals surface area (Å²) in [6.07, 6.45) is 3.28. The average Bonchev–Trinajstić information content (AvgIpc) is 2.76. The molecule has 96 valence electrons. The number of thioether (sulfide) groups is 1. The number of aromatic amines is 1. The third kappa shape index (κ3) is 4.34. The van der Waals surface area contributed by atoms with Crippen molar-refractivity contribution in [2.45, 2.75) is 5.16 Å². The number of H-pyrrole nitrogens is 1. The molecule has 0 aliphatic heterocycles. The molecule has 0 saturated carbocycles. The lowest BCUT2D eigenvalue weighted by Crippen LogP contribution is -2.33. The maximum Gasteiger partial charge on any atom is 0.230 e. The summed E-state index contributed by atoms with van der Waals surface area (Å²) in [5, 5.41) is 3.24. The fraction of sp³-hybridized carbons (Fsp3) is 0.182. The molecule has 0 bridgehead atoms. The Morgan fingerprint density at radius 2 is 2.28 bits per heavy atom. The fourth-order valence-corrected chi connectivity index (χ4v) is 1.91. The molecular formula is C11H14N4OS2. The number of rotatable bonds is 7. The molecule has 0 atom stereocenters. The average molecular weight is 282 g/mol. The molecule has 1 rings (SSSR count). The summed E-state index contributed by atoms with van der Waals surface area (Å²) in [5.74, 6) is 0.0908. The lowest BCUT2D eigenvalue weighted by atomic mass is 10.3. The SMILES string of the molecule is C=Cc1nc(SCC(=O)NCC(N)=S)[nH]c1C=C. The quantitative estimate of drug-likeness (QED) is 0.517. The highest BCUT2D eigenvalue weighted by Gasteiger charge is 2.08. The Hall–Kier alpha value is -1.60. The predicted molar refractivity (Wildman–Crippen MR) is 79.3 cm³/mol. The van der Waals surface area contributed by atoms with Crippen molar-refractivity contribution in [3.63, 3.8) is 0 Å². The van der Waals surface area contributed by atoms with Gasteiger partial charge in [0.2, 0.25) is 5.91 Å². The van der Waals surface area contributed by atoms with E-state index in [1.165, 1.54) is 11.8 Å². The van der Waals surface area contributed by atoms with E-state index in [-0.39, 0.29) is 23.2 Å². The maximum atomic E-state index is 11.4. The molecule has 1 amide bonds. The standard InChI is InChI=1S/C11H14N4OS2/c1-3-7-8(4-2)15-11(14-7)18-6-10(16)13-5-9(12)17/h3-4H,1-2,5-6H2,(H2,12,17)(H,13,16)(H,14,15). The van der Waals surface area contributed by atoms with Crippen molar-refractivity contribution in [2.75, 3.05) is 12.3 Å². The normalized spacial score (nSPS) is 9.78. The van der Waals surface area contributed by atoms with Crippen LogP contribution >= 0.6 is 24.0 Å². The Labute approximate surface area is 115 Å². The zero-order valence-electron chi connectivity index (χ0n) is 9.73. The minimum atomic E-state index is -0.149. The van der Waals surface area contributed by atoms with Crippen molar-refractivity contribution >= 4 is 47.0 Å². The first-order chi connectivity index (χ1) is 8.56. The summed E-state index contributed by atoms with van der Waals surface area (Å²) in [4.78, 5) is 19.0. The maximum absolute atomic E-state index is 11.4. The van der Waals surface area contributed by atoms with Gasteiger partial charge in [-0.25, -0.2) is 4.98 Å². The first-order valence-corrected chi connectivity index (χ1v) is 6.49. The Morgan fingerprint density at radius 3 is 2.78 bits per heavy atom. The van der Waals surface area contributed by atoms with Gasteiger partial charge in [0.15, 0.2) is 5.16 Å². The van der Waals surface area contributed by atoms with Crippen LogP contribution in [0.15, 0.2) is 18.3 Å². The molecule has 4 N–H and O–H groups in total. The Morgan fingerprint density at radius 1 is 1.56 bits per heavy atom. The van der Waals surface area contributed by atoms with Gasteiger partial charge in [0.05, 0.1) is 28.7 Å². The van der Waals surface area contributed by atoms with Gasteiger partial charge in [-0.2, -0.15) is 0 Å². The van der Waals surface area contributed by atoms with Crippen LogP contribution in [0.25, 0.3) is 12.2 Å². The number of amides is 1. The van der Waals surface area contributed by atoms with Crippen molar-refractivity contribution in [1.82, 2.24) is 15.3 Å². The van der Waals surface area contributed by atoms with Crippen LogP contribution in [-0.2, 0) is 4.79 Å². The Balaban J connectivity index is 2.50. The highest BCUT2D eigenvalue weighted by molar-refractivity contribution is 7.99. The highest BCUT2D eigenvalue weighted by Crippen LogP contribution is 2.18. The molecule has 0 radical (unpaired) electrons. The second kappa shape index (κ2) is 6.97. The van der Waals surface area contributed by atoms with Gasteiger partial charge in [0.1, 0.15) is 0 Å². The van der Waals surface area contributed by atoms with E-state index < -0.39 is 0 Å². The van der Waals surface area contributed by atoms with Gasteiger partial charge in [-0.05, 0) is 12.2 Å². The topological polar surface area (TPSA) is 83.8 Å². The number of nitrogens with one attached hydrogen (secondary N) is 2. The van der Waals surface area contributed by atoms with E-state index in [9.17, 15) is 4.79 Å². The molecule has 0 spiro atoms. The van der Waals surface area contributed by atoms with Gasteiger partial charge in [0.25, 0.3) is 0 Å². The van der Waals surface area contributed by atoms with Crippen LogP contribution in [0.4, 0.5) is 0 Å². The van der Waals surface area contributed by atoms with Crippen molar-refractivity contribution in [3.05, 3.63) is 24.5 Å². The molecule has 1 heterocycles. The van der Waals surface area contributed by atoms with Crippen LogP contribution in [0.2, 0.25) is 0 Å². The van der Waals surface area contributed by atoms with E-state index in [1.807, 2.05) is 0 Å². The highest BCUT2D eigenvalue weighted by atomic mass is 32.2. The third-order valence-electron chi connectivity index (χ3n) is 1.94. The van der Waals surface area contributed by atoms with Gasteiger partial charge in [-0.1, -0.05) is 37.1 Å². The van der Waals surface area contributed by atoms with Crippen LogP contribution in [0.3, 0.4) is 0 Å². The number of nitrogens with two attached hydrogens (primary N) is 1. The molecule has 0 aliphatic carbocycles. The number of hydrogen-bond donors (Lipinski definition) is 3. The number of aromatic nitrogens is 2. The van der Waals surface area contributed by atoms with Crippen LogP contribution in [-0.4, -0.2) is 33.2 Å². The van der Waals surface area contributed by atoms with Crippen LogP contribution < -0.4 is 11.1 Å². The lowest BCUT2D eigenvalue weighted by molar-refractivity contribution is -0.118. The van der Waals surface area contributed by atoms with Crippen molar-refractivity contribution in [2.24, 2.45) is 5.73 Å². The molecule has 7 heteroatoms. The molecule has 18 heavy (non-hydrogen) atoms. The molecule has 5 nitrogen and oxygen atoms in total. The first kappa shape index (κ1) is 14.5. The van der Waals surface area contributed by atoms with E-state index >= 15 is 0 Å². The predicted octanol–water partition coefficient (Wildman–Crippen LogP) is 1.19. The van der Waals surface area contributed by atoms with Crippen molar-refractivity contribution in [3.8, 4) is 0 Å². The van der Waals surface area contributed by atoms with Crippen LogP contribution in [0, 0.1) is 0 Å². The molecular weight excluding hydrogens is 268 g/mol. The zero-order chi connectivity index (χ0) is 13.5. The molecule has 0 aromatic carbocycles. The Bertz CT molecular complexity index is 456. The summed E-state index contributed by atoms with van der Waals surface area (Å²) >= 11 is 5.95. The summed E-state index contributed by atoms with van der Waals surface area (Å²) in [5.41, 5.74) is 6.78. The number of nitrogens with zero attached hydrogens (tertiary/aromatic N) is 1. The number of carbonyl (C=O) groups is 1. The Kier molecular flexibility index (Phi) is 5.60. The van der Waals surface area contributed by atoms with E-state index in [1.54, 1.807) is 12.2 Å². The monoisotopic (exact) mass is 282 g/mol. The minimum Gasteiger partial charge on any atom is -0.392 e. The molecule has 1 aromatic rings. The van der Waals surface area contributed by atoms with Gasteiger partial charge >= 0.3 is 0 Å². The van der Waals surface area contributed by atoms with Crippen molar-refractivity contribution < 1.29 is 4.79 Å². The van der Waals surface area contributed by atoms with Crippen molar-refractivity contribution in [1.29, 1.82) is 0 Å². The molecule has 0 aliphatic rings. The fourth-order valence-electron chi connectivity index (χ4n) is 1.13. The van der Waals surface area contributed by atoms with Gasteiger partial charge in [-0.15, -0.1) is 0 Å². The minimum absolute atomic E-state index is 0.149. The number of hydrogen-bond acceptors (Lipinski definition) is 4. The number of imidazole rings is 1. The summed E-state index contributed by atoms with van der Waals surface area (Å²) in [6, 6.07) is 0. The summed E-state index contributed by atoms with van der Waals surface area (Å²) in [7, 11) is 0. The first-order valence-electron chi connectivity index (χ1n) is 5.09. The van der Waals surface area contributed by atoms with E-state index in [0.717, 1.165) is 11.4 Å². The van der Waals surface area contributed by atoms with Gasteiger partial charge < -0.3 is 16.0 Å². The second-order valence-electron chi connectivity index (χ2n) is 3.28. The van der Waals surface area contributed by atoms with E-state index in [0.29, 0.717) is 5.16 Å². The number of carbonyl (C=O) groups excluding carboxylic acids is 1. The molecule has 0 saturated heterocycles. The van der Waals surface area contributed by atoms with E-state index in [4.69, 9.17) is 5.73 Å². The largest absolute Gasteiger partial charge is 0.392 e. The van der Waals surface area contributed by atoms with E-state index in [2.05, 4.69) is 40.7 Å². The summed E-state index contributed by atoms with van der Waals surface area (Å²) in [6.45, 7) is 7.52. The molecule has 0 unspecified atom stereocenters. The number of thiocarbonyl (C=S) groups is 1. The van der Waals surface area contributed by atoms with Crippen LogP contribution in [0.5, 0.6) is 0 Å². The smallest absolute Gasteiger partial charge is 0.230 e. The zero-order valence-corrected chi connectivity index (χ0v) is 11.4. The van der Waals surface area contributed by atoms with Crippen LogP contribution in [0.1, 0.15) is 11.4 Å². The van der Waals surface area contributed by atoms with Gasteiger partial charge in [0, 0.05) is 0 Å². The summed E-state index contributed by atoms with van der Waals surface area (Å²) < 4.78 is 0. The second-order valence-corrected chi connectivity index (χ2v) is 4.77. The third-order valence-corrected chi connectivity index (χ3v) is 2.95. The lowest BCUT2D eigenvalue weighted by Gasteiger charge is -2.01. The van der Waals surface area contributed by atoms with Gasteiger partial charge in [-0.3, -0.25) is 4.79 Å².